The lowest BCUT2D eigenvalue weighted by molar-refractivity contribution is 0.0958. The molecule has 2 aromatic heterocycles. The number of nitrogens with zero attached hydrogens (tertiary/aromatic N) is 3. The van der Waals surface area contributed by atoms with Gasteiger partial charge in [-0.1, -0.05) is 17.4 Å². The molecule has 0 atom stereocenters. The van der Waals surface area contributed by atoms with Crippen LogP contribution in [-0.4, -0.2) is 43.0 Å². The van der Waals surface area contributed by atoms with Gasteiger partial charge in [0.25, 0.3) is 5.91 Å². The topological polar surface area (TPSA) is 49.6 Å². The summed E-state index contributed by atoms with van der Waals surface area (Å²) in [5, 5.41) is 0.713. The molecule has 138 valence electrons. The molecule has 0 aliphatic rings. The molecule has 5 nitrogen and oxygen atoms in total. The van der Waals surface area contributed by atoms with Crippen LogP contribution in [0.15, 0.2) is 33.4 Å². The Morgan fingerprint density at radius 1 is 1.23 bits per heavy atom. The standard InChI is InChI=1S/C19H22BrN3O2S/c1-12-10-13(2)17-14(11-12)21-19(26-17)23(9-5-8-22(3)4)18(24)15-6-7-16(20)25-15/h6-7,10-11H,5,8-9H2,1-4H3. The van der Waals surface area contributed by atoms with Gasteiger partial charge in [0.15, 0.2) is 15.6 Å². The Labute approximate surface area is 165 Å². The molecule has 0 spiro atoms. The maximum absolute atomic E-state index is 13.0. The van der Waals surface area contributed by atoms with E-state index in [2.05, 4.69) is 46.8 Å². The van der Waals surface area contributed by atoms with Crippen molar-refractivity contribution in [1.82, 2.24) is 9.88 Å². The number of carbonyl (C=O) groups is 1. The second kappa shape index (κ2) is 7.90. The number of aryl methyl sites for hydroxylation is 2. The third kappa shape index (κ3) is 4.16. The van der Waals surface area contributed by atoms with E-state index in [0.717, 1.165) is 23.2 Å². The maximum Gasteiger partial charge on any atom is 0.295 e. The Kier molecular flexibility index (Phi) is 5.79. The van der Waals surface area contributed by atoms with Crippen molar-refractivity contribution in [3.8, 4) is 0 Å². The maximum atomic E-state index is 13.0. The molecule has 0 N–H and O–H groups in total. The molecular formula is C19H22BrN3O2S. The van der Waals surface area contributed by atoms with Crippen LogP contribution >= 0.6 is 27.3 Å². The third-order valence-corrected chi connectivity index (χ3v) is 5.71. The zero-order chi connectivity index (χ0) is 18.8. The van der Waals surface area contributed by atoms with Crippen LogP contribution in [0.3, 0.4) is 0 Å². The zero-order valence-electron chi connectivity index (χ0n) is 15.4. The fraction of sp³-hybridized carbons (Fsp3) is 0.368. The fourth-order valence-corrected chi connectivity index (χ4v) is 4.22. The molecule has 7 heteroatoms. The first-order valence-electron chi connectivity index (χ1n) is 8.45. The number of hydrogen-bond acceptors (Lipinski definition) is 5. The van der Waals surface area contributed by atoms with Crippen molar-refractivity contribution >= 4 is 48.5 Å². The van der Waals surface area contributed by atoms with Crippen LogP contribution in [0.5, 0.6) is 0 Å². The molecule has 1 amide bonds. The molecule has 26 heavy (non-hydrogen) atoms. The molecule has 0 aliphatic heterocycles. The molecule has 3 aromatic rings. The first-order chi connectivity index (χ1) is 12.3. The van der Waals surface area contributed by atoms with E-state index in [1.165, 1.54) is 11.1 Å². The summed E-state index contributed by atoms with van der Waals surface area (Å²) in [7, 11) is 4.05. The minimum Gasteiger partial charge on any atom is -0.444 e. The Hall–Kier alpha value is -1.70. The van der Waals surface area contributed by atoms with Crippen LogP contribution in [0.2, 0.25) is 0 Å². The van der Waals surface area contributed by atoms with Gasteiger partial charge in [0.2, 0.25) is 0 Å². The van der Waals surface area contributed by atoms with Gasteiger partial charge in [-0.2, -0.15) is 0 Å². The van der Waals surface area contributed by atoms with E-state index < -0.39 is 0 Å². The van der Waals surface area contributed by atoms with E-state index >= 15 is 0 Å². The van der Waals surface area contributed by atoms with Crippen molar-refractivity contribution in [1.29, 1.82) is 0 Å². The quantitative estimate of drug-likeness (QED) is 0.554. The summed E-state index contributed by atoms with van der Waals surface area (Å²) >= 11 is 4.82. The van der Waals surface area contributed by atoms with Crippen LogP contribution in [-0.2, 0) is 0 Å². The average molecular weight is 436 g/mol. The number of benzene rings is 1. The van der Waals surface area contributed by atoms with Gasteiger partial charge >= 0.3 is 0 Å². The number of amides is 1. The van der Waals surface area contributed by atoms with Gasteiger partial charge in [-0.15, -0.1) is 0 Å². The number of fused-ring (bicyclic) bond motifs is 1. The lowest BCUT2D eigenvalue weighted by atomic mass is 10.1. The normalized spacial score (nSPS) is 11.5. The SMILES string of the molecule is Cc1cc(C)c2sc(N(CCCN(C)C)C(=O)c3ccc(Br)o3)nc2c1. The summed E-state index contributed by atoms with van der Waals surface area (Å²) in [6.07, 6.45) is 0.856. The predicted octanol–water partition coefficient (Wildman–Crippen LogP) is 4.87. The summed E-state index contributed by atoms with van der Waals surface area (Å²) in [5.74, 6) is 0.150. The molecular weight excluding hydrogens is 414 g/mol. The summed E-state index contributed by atoms with van der Waals surface area (Å²) < 4.78 is 7.15. The number of thiazole rings is 1. The summed E-state index contributed by atoms with van der Waals surface area (Å²) in [6, 6.07) is 7.63. The minimum absolute atomic E-state index is 0.164. The molecule has 0 bridgehead atoms. The second-order valence-electron chi connectivity index (χ2n) is 6.64. The van der Waals surface area contributed by atoms with E-state index in [4.69, 9.17) is 9.40 Å². The highest BCUT2D eigenvalue weighted by molar-refractivity contribution is 9.10. The molecule has 0 fully saturated rings. The van der Waals surface area contributed by atoms with Crippen LogP contribution in [0, 0.1) is 13.8 Å². The Morgan fingerprint density at radius 3 is 2.65 bits per heavy atom. The van der Waals surface area contributed by atoms with Crippen LogP contribution in [0.25, 0.3) is 10.2 Å². The van der Waals surface area contributed by atoms with E-state index in [9.17, 15) is 4.79 Å². The highest BCUT2D eigenvalue weighted by Crippen LogP contribution is 2.33. The van der Waals surface area contributed by atoms with Gasteiger partial charge < -0.3 is 9.32 Å². The van der Waals surface area contributed by atoms with Crippen LogP contribution < -0.4 is 4.90 Å². The highest BCUT2D eigenvalue weighted by atomic mass is 79.9. The first kappa shape index (κ1) is 19.1. The van der Waals surface area contributed by atoms with Crippen molar-refractivity contribution in [2.75, 3.05) is 32.1 Å². The van der Waals surface area contributed by atoms with E-state index in [1.54, 1.807) is 28.4 Å². The number of rotatable bonds is 6. The average Bonchev–Trinajstić information content (AvgIpc) is 3.17. The number of hydrogen-bond donors (Lipinski definition) is 0. The van der Waals surface area contributed by atoms with E-state index in [1.807, 2.05) is 14.1 Å². The van der Waals surface area contributed by atoms with Gasteiger partial charge in [0.05, 0.1) is 10.2 Å². The number of furan rings is 1. The van der Waals surface area contributed by atoms with Gasteiger partial charge in [-0.3, -0.25) is 9.69 Å². The summed E-state index contributed by atoms with van der Waals surface area (Å²) in [6.45, 7) is 5.63. The van der Waals surface area contributed by atoms with Crippen LogP contribution in [0.4, 0.5) is 5.13 Å². The Morgan fingerprint density at radius 2 is 2.00 bits per heavy atom. The van der Waals surface area contributed by atoms with Crippen molar-refractivity contribution < 1.29 is 9.21 Å². The largest absolute Gasteiger partial charge is 0.444 e. The summed E-state index contributed by atoms with van der Waals surface area (Å²) in [4.78, 5) is 21.6. The van der Waals surface area contributed by atoms with Crippen molar-refractivity contribution in [3.63, 3.8) is 0 Å². The van der Waals surface area contributed by atoms with Gasteiger partial charge in [0, 0.05) is 6.54 Å². The molecule has 0 unspecified atom stereocenters. The molecule has 0 radical (unpaired) electrons. The Balaban J connectivity index is 1.96. The predicted molar refractivity (Wildman–Crippen MR) is 110 cm³/mol. The van der Waals surface area contributed by atoms with Crippen molar-refractivity contribution in [2.45, 2.75) is 20.3 Å². The summed E-state index contributed by atoms with van der Waals surface area (Å²) in [5.41, 5.74) is 3.30. The number of halogens is 1. The molecule has 0 aliphatic carbocycles. The van der Waals surface area contributed by atoms with Gasteiger partial charge in [0.1, 0.15) is 0 Å². The third-order valence-electron chi connectivity index (χ3n) is 4.06. The number of anilines is 1. The number of aromatic nitrogens is 1. The highest BCUT2D eigenvalue weighted by Gasteiger charge is 2.24. The first-order valence-corrected chi connectivity index (χ1v) is 10.1. The lowest BCUT2D eigenvalue weighted by Crippen LogP contribution is -2.33. The molecule has 3 rings (SSSR count). The smallest absolute Gasteiger partial charge is 0.295 e. The lowest BCUT2D eigenvalue weighted by Gasteiger charge is -2.19. The van der Waals surface area contributed by atoms with E-state index in [0.29, 0.717) is 22.1 Å². The second-order valence-corrected chi connectivity index (χ2v) is 8.40. The van der Waals surface area contributed by atoms with Crippen molar-refractivity contribution in [2.24, 2.45) is 0 Å². The zero-order valence-corrected chi connectivity index (χ0v) is 17.8. The van der Waals surface area contributed by atoms with Crippen LogP contribution in [0.1, 0.15) is 28.1 Å². The molecule has 2 heterocycles. The van der Waals surface area contributed by atoms with Gasteiger partial charge in [-0.25, -0.2) is 4.98 Å². The monoisotopic (exact) mass is 435 g/mol. The van der Waals surface area contributed by atoms with Crippen molar-refractivity contribution in [3.05, 3.63) is 45.8 Å². The molecule has 0 saturated heterocycles. The minimum atomic E-state index is -0.164. The molecule has 1 aromatic carbocycles. The Bertz CT molecular complexity index is 932. The fourth-order valence-electron chi connectivity index (χ4n) is 2.87. The molecule has 0 saturated carbocycles. The number of carbonyl (C=O) groups excluding carboxylic acids is 1. The van der Waals surface area contributed by atoms with E-state index in [-0.39, 0.29) is 5.91 Å². The van der Waals surface area contributed by atoms with Gasteiger partial charge in [-0.05, 0) is 86.2 Å².